The number of nitrogens with one attached hydrogen (secondary N) is 1. The number of benzene rings is 3. The van der Waals surface area contributed by atoms with Gasteiger partial charge in [0.1, 0.15) is 11.5 Å². The molecule has 0 spiro atoms. The number of nitrogens with zero attached hydrogens (tertiary/aromatic N) is 1. The van der Waals surface area contributed by atoms with Crippen LogP contribution in [0.4, 0.5) is 11.4 Å². The summed E-state index contributed by atoms with van der Waals surface area (Å²) in [5.74, 6) is -0.217. The van der Waals surface area contributed by atoms with Gasteiger partial charge in [0.05, 0.1) is 29.8 Å². The van der Waals surface area contributed by atoms with E-state index >= 15 is 0 Å². The first-order valence-electron chi connectivity index (χ1n) is 10.8. The summed E-state index contributed by atoms with van der Waals surface area (Å²) < 4.78 is 38.7. The fraction of sp³-hybridized carbons (Fsp3) is 0.200. The lowest BCUT2D eigenvalue weighted by Crippen LogP contribution is -2.30. The number of hydrogen-bond donors (Lipinski definition) is 2. The fourth-order valence-corrected chi connectivity index (χ4v) is 4.90. The molecule has 35 heavy (non-hydrogen) atoms. The predicted molar refractivity (Wildman–Crippen MR) is 133 cm³/mol. The average molecular weight is 498 g/mol. The molecule has 0 aliphatic carbocycles. The van der Waals surface area contributed by atoms with Crippen molar-refractivity contribution in [3.8, 4) is 11.5 Å². The van der Waals surface area contributed by atoms with Crippen molar-refractivity contribution in [2.45, 2.75) is 18.2 Å². The Morgan fingerprint density at radius 3 is 2.29 bits per heavy atom. The van der Waals surface area contributed by atoms with E-state index in [9.17, 15) is 18.0 Å². The summed E-state index contributed by atoms with van der Waals surface area (Å²) in [6, 6.07) is 19.7. The monoisotopic (exact) mass is 497 g/mol. The maximum Gasteiger partial charge on any atom is 0.264 e. The van der Waals surface area contributed by atoms with Crippen molar-refractivity contribution < 1.29 is 27.5 Å². The molecule has 0 atom stereocenters. The lowest BCUT2D eigenvalue weighted by atomic mass is 10.1. The Morgan fingerprint density at radius 2 is 1.69 bits per heavy atom. The van der Waals surface area contributed by atoms with Gasteiger partial charge >= 0.3 is 0 Å². The lowest BCUT2D eigenvalue weighted by molar-refractivity contribution is -0.118. The van der Waals surface area contributed by atoms with E-state index in [0.29, 0.717) is 17.2 Å². The first-order chi connectivity index (χ1) is 16.7. The smallest absolute Gasteiger partial charge is 0.264 e. The van der Waals surface area contributed by atoms with Crippen molar-refractivity contribution in [1.29, 1.82) is 0 Å². The zero-order valence-corrected chi connectivity index (χ0v) is 20.2. The molecule has 0 aliphatic heterocycles. The summed E-state index contributed by atoms with van der Waals surface area (Å²) in [6.45, 7) is 1.65. The van der Waals surface area contributed by atoms with Gasteiger partial charge in [-0.2, -0.15) is 0 Å². The fourth-order valence-electron chi connectivity index (χ4n) is 3.40. The number of carbonyl (C=O) groups is 2. The number of methoxy groups -OCH3 is 1. The Morgan fingerprint density at radius 1 is 1.00 bits per heavy atom. The van der Waals surface area contributed by atoms with E-state index < -0.39 is 21.8 Å². The second kappa shape index (κ2) is 11.4. The summed E-state index contributed by atoms with van der Waals surface area (Å²) >= 11 is 0. The van der Waals surface area contributed by atoms with Crippen LogP contribution in [0.1, 0.15) is 12.5 Å². The molecule has 10 heteroatoms. The summed E-state index contributed by atoms with van der Waals surface area (Å²) in [5.41, 5.74) is 6.64. The van der Waals surface area contributed by atoms with E-state index in [-0.39, 0.29) is 30.2 Å². The third-order valence-corrected chi connectivity index (χ3v) is 6.94. The van der Waals surface area contributed by atoms with Gasteiger partial charge in [-0.15, -0.1) is 0 Å². The van der Waals surface area contributed by atoms with Crippen LogP contribution in [-0.4, -0.2) is 40.5 Å². The van der Waals surface area contributed by atoms with Gasteiger partial charge < -0.3 is 20.5 Å². The highest BCUT2D eigenvalue weighted by Gasteiger charge is 2.25. The Hall–Kier alpha value is -4.05. The summed E-state index contributed by atoms with van der Waals surface area (Å²) in [7, 11) is -2.47. The van der Waals surface area contributed by atoms with Gasteiger partial charge in [0.2, 0.25) is 5.91 Å². The molecular formula is C25H27N3O6S. The number of carbonyl (C=O) groups excluding carboxylic acids is 2. The van der Waals surface area contributed by atoms with Gasteiger partial charge in [0, 0.05) is 6.54 Å². The molecule has 0 aromatic heterocycles. The van der Waals surface area contributed by atoms with Crippen LogP contribution in [0.15, 0.2) is 77.7 Å². The molecule has 9 nitrogen and oxygen atoms in total. The molecule has 2 amide bonds. The minimum Gasteiger partial charge on any atom is -0.495 e. The molecule has 0 saturated heterocycles. The van der Waals surface area contributed by atoms with E-state index in [1.165, 1.54) is 29.6 Å². The Bertz CT molecular complexity index is 1280. The molecule has 3 aromatic carbocycles. The number of hydrogen-bond acceptors (Lipinski definition) is 6. The summed E-state index contributed by atoms with van der Waals surface area (Å²) in [5, 5.41) is 2.65. The molecule has 0 fully saturated rings. The quantitative estimate of drug-likeness (QED) is 0.419. The predicted octanol–water partition coefficient (Wildman–Crippen LogP) is 2.96. The van der Waals surface area contributed by atoms with Crippen LogP contribution in [0.2, 0.25) is 0 Å². The van der Waals surface area contributed by atoms with Crippen LogP contribution in [0, 0.1) is 0 Å². The molecule has 3 rings (SSSR count). The van der Waals surface area contributed by atoms with Gasteiger partial charge in [-0.25, -0.2) is 8.42 Å². The highest BCUT2D eigenvalue weighted by molar-refractivity contribution is 7.92. The first-order valence-corrected chi connectivity index (χ1v) is 12.2. The largest absolute Gasteiger partial charge is 0.495 e. The van der Waals surface area contributed by atoms with Crippen LogP contribution in [0.5, 0.6) is 11.5 Å². The highest BCUT2D eigenvalue weighted by atomic mass is 32.2. The zero-order valence-electron chi connectivity index (χ0n) is 19.4. The number of sulfonamides is 1. The Labute approximate surface area is 204 Å². The minimum absolute atomic E-state index is 0.00487. The Kier molecular flexibility index (Phi) is 8.32. The normalized spacial score (nSPS) is 10.9. The van der Waals surface area contributed by atoms with Crippen LogP contribution < -0.4 is 24.8 Å². The minimum atomic E-state index is -3.89. The SMILES string of the molecule is CCN(c1ccccc1)S(=O)(=O)c1ccc(OC)c(NC(=O)COc2ccc(CC(N)=O)cc2)c1. The topological polar surface area (TPSA) is 128 Å². The van der Waals surface area contributed by atoms with Gasteiger partial charge in [0.25, 0.3) is 15.9 Å². The Balaban J connectivity index is 1.74. The molecule has 3 aromatic rings. The van der Waals surface area contributed by atoms with E-state index in [1.54, 1.807) is 55.5 Å². The number of amides is 2. The second-order valence-electron chi connectivity index (χ2n) is 7.49. The maximum absolute atomic E-state index is 13.3. The molecule has 0 bridgehead atoms. The van der Waals surface area contributed by atoms with Crippen LogP contribution in [0.3, 0.4) is 0 Å². The third-order valence-electron chi connectivity index (χ3n) is 5.04. The van der Waals surface area contributed by atoms with Gasteiger partial charge in [-0.1, -0.05) is 30.3 Å². The summed E-state index contributed by atoms with van der Waals surface area (Å²) in [4.78, 5) is 23.5. The van der Waals surface area contributed by atoms with Crippen LogP contribution >= 0.6 is 0 Å². The number of para-hydroxylation sites is 1. The number of nitrogens with two attached hydrogens (primary N) is 1. The molecule has 0 radical (unpaired) electrons. The number of anilines is 2. The first kappa shape index (κ1) is 25.6. The number of ether oxygens (including phenoxy) is 2. The van der Waals surface area contributed by atoms with Gasteiger partial charge in [0.15, 0.2) is 6.61 Å². The van der Waals surface area contributed by atoms with Crippen LogP contribution in [0.25, 0.3) is 0 Å². The third kappa shape index (κ3) is 6.51. The van der Waals surface area contributed by atoms with Crippen molar-refractivity contribution in [3.05, 3.63) is 78.4 Å². The number of primary amides is 1. The maximum atomic E-state index is 13.3. The molecule has 0 aliphatic rings. The average Bonchev–Trinajstić information content (AvgIpc) is 2.84. The molecule has 0 heterocycles. The molecule has 3 N–H and O–H groups in total. The molecule has 184 valence electrons. The van der Waals surface area contributed by atoms with Gasteiger partial charge in [-0.05, 0) is 55.0 Å². The van der Waals surface area contributed by atoms with Gasteiger partial charge in [-0.3, -0.25) is 13.9 Å². The van der Waals surface area contributed by atoms with Crippen molar-refractivity contribution in [2.75, 3.05) is 29.9 Å². The second-order valence-corrected chi connectivity index (χ2v) is 9.35. The van der Waals surface area contributed by atoms with Crippen molar-refractivity contribution >= 4 is 33.2 Å². The molecular weight excluding hydrogens is 470 g/mol. The summed E-state index contributed by atoms with van der Waals surface area (Å²) in [6.07, 6.45) is 0.111. The van der Waals surface area contributed by atoms with E-state index in [2.05, 4.69) is 5.32 Å². The molecule has 0 unspecified atom stereocenters. The zero-order chi connectivity index (χ0) is 25.4. The molecule has 0 saturated carbocycles. The van der Waals surface area contributed by atoms with Crippen molar-refractivity contribution in [2.24, 2.45) is 5.73 Å². The van der Waals surface area contributed by atoms with E-state index in [0.717, 1.165) is 5.56 Å². The lowest BCUT2D eigenvalue weighted by Gasteiger charge is -2.23. The number of rotatable bonds is 11. The standard InChI is InChI=1S/C25H27N3O6S/c1-3-28(19-7-5-4-6-8-19)35(31,32)21-13-14-23(33-2)22(16-21)27-25(30)17-34-20-11-9-18(10-12-20)15-24(26)29/h4-14,16H,3,15,17H2,1-2H3,(H2,26,29)(H,27,30). The highest BCUT2D eigenvalue weighted by Crippen LogP contribution is 2.30. The van der Waals surface area contributed by atoms with Crippen molar-refractivity contribution in [1.82, 2.24) is 0 Å². The van der Waals surface area contributed by atoms with Crippen LogP contribution in [-0.2, 0) is 26.0 Å². The van der Waals surface area contributed by atoms with Crippen molar-refractivity contribution in [3.63, 3.8) is 0 Å². The van der Waals surface area contributed by atoms with E-state index in [4.69, 9.17) is 15.2 Å². The van der Waals surface area contributed by atoms with E-state index in [1.807, 2.05) is 6.07 Å².